The zero-order chi connectivity index (χ0) is 14.5. The van der Waals surface area contributed by atoms with Gasteiger partial charge in [0.2, 0.25) is 5.91 Å². The van der Waals surface area contributed by atoms with Crippen molar-refractivity contribution in [2.45, 2.75) is 39.2 Å². The number of nitrogens with one attached hydrogen (secondary N) is 1. The van der Waals surface area contributed by atoms with Crippen molar-refractivity contribution in [3.63, 3.8) is 0 Å². The Kier molecular flexibility index (Phi) is 5.36. The third kappa shape index (κ3) is 4.24. The second kappa shape index (κ2) is 6.57. The zero-order valence-corrected chi connectivity index (χ0v) is 12.2. The van der Waals surface area contributed by atoms with Crippen LogP contribution in [-0.4, -0.2) is 24.6 Å². The molecule has 1 atom stereocenters. The van der Waals surface area contributed by atoms with Crippen LogP contribution in [0.4, 0.5) is 0 Å². The smallest absolute Gasteiger partial charge is 0.240 e. The zero-order valence-electron chi connectivity index (χ0n) is 12.2. The highest BCUT2D eigenvalue weighted by Crippen LogP contribution is 2.19. The minimum absolute atomic E-state index is 0.219. The molecule has 0 spiro atoms. The van der Waals surface area contributed by atoms with Gasteiger partial charge in [0.05, 0.1) is 0 Å². The maximum atomic E-state index is 11.5. The molecule has 0 saturated carbocycles. The van der Waals surface area contributed by atoms with E-state index in [2.05, 4.69) is 19.2 Å². The van der Waals surface area contributed by atoms with Crippen LogP contribution in [0.25, 0.3) is 0 Å². The summed E-state index contributed by atoms with van der Waals surface area (Å²) in [6.45, 7) is 8.85. The molecule has 4 nitrogen and oxygen atoms in total. The lowest BCUT2D eigenvalue weighted by Crippen LogP contribution is -2.57. The first kappa shape index (κ1) is 15.5. The van der Waals surface area contributed by atoms with Crippen molar-refractivity contribution in [2.24, 2.45) is 5.73 Å². The molecule has 0 bridgehead atoms. The fraction of sp³-hybridized carbons (Fsp3) is 0.533. The van der Waals surface area contributed by atoms with E-state index < -0.39 is 11.4 Å². The van der Waals surface area contributed by atoms with Gasteiger partial charge in [-0.3, -0.25) is 4.79 Å². The third-order valence-electron chi connectivity index (χ3n) is 3.19. The molecule has 1 unspecified atom stereocenters. The van der Waals surface area contributed by atoms with E-state index in [1.807, 2.05) is 31.2 Å². The van der Waals surface area contributed by atoms with E-state index in [1.54, 1.807) is 6.92 Å². The van der Waals surface area contributed by atoms with Crippen LogP contribution in [0.1, 0.15) is 39.2 Å². The van der Waals surface area contributed by atoms with Crippen LogP contribution >= 0.6 is 0 Å². The van der Waals surface area contributed by atoms with Gasteiger partial charge in [0.1, 0.15) is 17.9 Å². The minimum Gasteiger partial charge on any atom is -0.491 e. The molecule has 0 aliphatic heterocycles. The van der Waals surface area contributed by atoms with Crippen LogP contribution in [0, 0.1) is 0 Å². The summed E-state index contributed by atoms with van der Waals surface area (Å²) >= 11 is 0. The number of rotatable bonds is 7. The van der Waals surface area contributed by atoms with E-state index in [9.17, 15) is 4.79 Å². The molecular formula is C15H24N2O2. The third-order valence-corrected chi connectivity index (χ3v) is 3.19. The van der Waals surface area contributed by atoms with Gasteiger partial charge in [-0.1, -0.05) is 32.9 Å². The molecule has 106 valence electrons. The lowest BCUT2D eigenvalue weighted by molar-refractivity contribution is -0.124. The number of nitrogens with two attached hydrogens (primary N) is 1. The fourth-order valence-corrected chi connectivity index (χ4v) is 1.78. The van der Waals surface area contributed by atoms with Crippen molar-refractivity contribution in [2.75, 3.05) is 13.2 Å². The van der Waals surface area contributed by atoms with Gasteiger partial charge in [-0.15, -0.1) is 0 Å². The summed E-state index contributed by atoms with van der Waals surface area (Å²) in [7, 11) is 0. The Balaban J connectivity index is 2.67. The normalized spacial score (nSPS) is 14.2. The van der Waals surface area contributed by atoms with E-state index in [1.165, 1.54) is 5.56 Å². The summed E-state index contributed by atoms with van der Waals surface area (Å²) < 4.78 is 5.66. The Morgan fingerprint density at radius 1 is 1.37 bits per heavy atom. The summed E-state index contributed by atoms with van der Waals surface area (Å²) in [5, 5.41) is 3.06. The van der Waals surface area contributed by atoms with Gasteiger partial charge in [-0.25, -0.2) is 0 Å². The molecule has 1 aromatic rings. The van der Waals surface area contributed by atoms with Crippen LogP contribution < -0.4 is 15.8 Å². The van der Waals surface area contributed by atoms with Gasteiger partial charge in [0.15, 0.2) is 0 Å². The van der Waals surface area contributed by atoms with Crippen molar-refractivity contribution in [1.82, 2.24) is 5.32 Å². The molecular weight excluding hydrogens is 240 g/mol. The van der Waals surface area contributed by atoms with Crippen molar-refractivity contribution in [3.05, 3.63) is 29.8 Å². The number of amides is 1. The number of likely N-dealkylation sites (N-methyl/N-ethyl adjacent to an activating group) is 1. The van der Waals surface area contributed by atoms with E-state index in [0.717, 1.165) is 5.75 Å². The molecule has 0 fully saturated rings. The molecule has 0 saturated heterocycles. The Hall–Kier alpha value is -1.55. The predicted molar refractivity (Wildman–Crippen MR) is 77.3 cm³/mol. The highest BCUT2D eigenvalue weighted by Gasteiger charge is 2.30. The first-order valence-corrected chi connectivity index (χ1v) is 6.66. The van der Waals surface area contributed by atoms with Gasteiger partial charge in [0.25, 0.3) is 0 Å². The number of ether oxygens (including phenoxy) is 1. The molecule has 19 heavy (non-hydrogen) atoms. The van der Waals surface area contributed by atoms with E-state index >= 15 is 0 Å². The number of benzene rings is 1. The lowest BCUT2D eigenvalue weighted by Gasteiger charge is -2.26. The molecule has 3 N–H and O–H groups in total. The van der Waals surface area contributed by atoms with Gasteiger partial charge in [0, 0.05) is 0 Å². The van der Waals surface area contributed by atoms with Gasteiger partial charge in [-0.2, -0.15) is 0 Å². The summed E-state index contributed by atoms with van der Waals surface area (Å²) in [5.41, 5.74) is 5.82. The second-order valence-electron chi connectivity index (χ2n) is 5.24. The largest absolute Gasteiger partial charge is 0.491 e. The lowest BCUT2D eigenvalue weighted by atomic mass is 10.0. The van der Waals surface area contributed by atoms with Crippen molar-refractivity contribution in [3.8, 4) is 5.75 Å². The minimum atomic E-state index is -0.842. The highest BCUT2D eigenvalue weighted by atomic mass is 16.5. The number of hydrogen-bond acceptors (Lipinski definition) is 3. The Morgan fingerprint density at radius 2 is 1.95 bits per heavy atom. The summed E-state index contributed by atoms with van der Waals surface area (Å²) in [6, 6.07) is 7.91. The van der Waals surface area contributed by atoms with Crippen LogP contribution in [-0.2, 0) is 4.79 Å². The van der Waals surface area contributed by atoms with E-state index in [-0.39, 0.29) is 6.61 Å². The van der Waals surface area contributed by atoms with Crippen LogP contribution in [0.3, 0.4) is 0 Å². The van der Waals surface area contributed by atoms with Crippen molar-refractivity contribution in [1.29, 1.82) is 0 Å². The summed E-state index contributed by atoms with van der Waals surface area (Å²) in [4.78, 5) is 11.5. The van der Waals surface area contributed by atoms with Gasteiger partial charge in [-0.05, 0) is 37.1 Å². The maximum Gasteiger partial charge on any atom is 0.240 e. The fourth-order valence-electron chi connectivity index (χ4n) is 1.78. The second-order valence-corrected chi connectivity index (χ2v) is 5.24. The van der Waals surface area contributed by atoms with E-state index in [0.29, 0.717) is 12.5 Å². The molecule has 0 aliphatic rings. The number of carbonyl (C=O) groups excluding carboxylic acids is 1. The topological polar surface area (TPSA) is 64.3 Å². The molecule has 0 heterocycles. The number of hydrogen-bond donors (Lipinski definition) is 2. The highest BCUT2D eigenvalue weighted by molar-refractivity contribution is 5.84. The van der Waals surface area contributed by atoms with Gasteiger partial charge < -0.3 is 15.8 Å². The Morgan fingerprint density at radius 3 is 2.37 bits per heavy atom. The quantitative estimate of drug-likeness (QED) is 0.792. The van der Waals surface area contributed by atoms with Crippen LogP contribution in [0.5, 0.6) is 5.75 Å². The predicted octanol–water partition coefficient (Wildman–Crippen LogP) is 2.04. The molecule has 1 rings (SSSR count). The van der Waals surface area contributed by atoms with Crippen LogP contribution in [0.2, 0.25) is 0 Å². The first-order chi connectivity index (χ1) is 8.89. The first-order valence-electron chi connectivity index (χ1n) is 6.66. The van der Waals surface area contributed by atoms with Crippen LogP contribution in [0.15, 0.2) is 24.3 Å². The van der Waals surface area contributed by atoms with Gasteiger partial charge >= 0.3 is 0 Å². The molecule has 0 radical (unpaired) electrons. The molecule has 4 heteroatoms. The maximum absolute atomic E-state index is 11.5. The Labute approximate surface area is 115 Å². The molecule has 1 amide bonds. The monoisotopic (exact) mass is 264 g/mol. The molecule has 0 aromatic heterocycles. The van der Waals surface area contributed by atoms with Crippen molar-refractivity contribution >= 4 is 5.91 Å². The number of carbonyl (C=O) groups is 1. The Bertz CT molecular complexity index is 415. The van der Waals surface area contributed by atoms with E-state index in [4.69, 9.17) is 10.5 Å². The number of primary amides is 1. The molecule has 0 aliphatic carbocycles. The summed E-state index contributed by atoms with van der Waals surface area (Å²) in [5.74, 6) is 0.828. The van der Waals surface area contributed by atoms with Crippen molar-refractivity contribution < 1.29 is 9.53 Å². The average Bonchev–Trinajstić information content (AvgIpc) is 2.37. The standard InChI is InChI=1S/C15H24N2O2/c1-5-17-15(4,14(16)18)10-19-13-8-6-12(7-9-13)11(2)3/h6-9,11,17H,5,10H2,1-4H3,(H2,16,18). The SMILES string of the molecule is CCNC(C)(COc1ccc(C(C)C)cc1)C(N)=O. The average molecular weight is 264 g/mol. The summed E-state index contributed by atoms with van der Waals surface area (Å²) in [6.07, 6.45) is 0. The molecule has 1 aromatic carbocycles.